The number of hydrogen-bond acceptors (Lipinski definition) is 3. The molecule has 3 aromatic rings. The monoisotopic (exact) mass is 329 g/mol. The molecule has 0 saturated heterocycles. The van der Waals surface area contributed by atoms with Gasteiger partial charge in [-0.3, -0.25) is 4.79 Å². The van der Waals surface area contributed by atoms with Crippen LogP contribution in [0.2, 0.25) is 0 Å². The van der Waals surface area contributed by atoms with E-state index >= 15 is 0 Å². The van der Waals surface area contributed by atoms with Crippen LogP contribution in [0.5, 0.6) is 0 Å². The zero-order chi connectivity index (χ0) is 16.4. The van der Waals surface area contributed by atoms with Crippen LogP contribution in [0.4, 0.5) is 4.39 Å². The summed E-state index contributed by atoms with van der Waals surface area (Å²) in [6.07, 6.45) is 1.81. The lowest BCUT2D eigenvalue weighted by atomic mass is 10.1. The van der Waals surface area contributed by atoms with Crippen LogP contribution >= 0.6 is 0 Å². The lowest BCUT2D eigenvalue weighted by molar-refractivity contribution is 0.111. The molecule has 4 nitrogen and oxygen atoms in total. The van der Waals surface area contributed by atoms with Gasteiger partial charge in [0.05, 0.1) is 4.90 Å². The number of hydrogen-bond donors (Lipinski definition) is 0. The van der Waals surface area contributed by atoms with Gasteiger partial charge in [-0.05, 0) is 35.9 Å². The molecule has 0 amide bonds. The summed E-state index contributed by atoms with van der Waals surface area (Å²) in [7, 11) is -3.87. The zero-order valence-corrected chi connectivity index (χ0v) is 12.7. The van der Waals surface area contributed by atoms with Crippen molar-refractivity contribution < 1.29 is 17.6 Å². The van der Waals surface area contributed by atoms with Gasteiger partial charge in [0, 0.05) is 11.8 Å². The molecule has 0 saturated carbocycles. The molecule has 0 fully saturated rings. The molecule has 0 aliphatic carbocycles. The number of aldehydes is 1. The second-order valence-corrected chi connectivity index (χ2v) is 6.67. The number of carbonyl (C=O) groups excluding carboxylic acids is 1. The van der Waals surface area contributed by atoms with Gasteiger partial charge in [0.2, 0.25) is 0 Å². The third-order valence-electron chi connectivity index (χ3n) is 3.46. The molecule has 2 aromatic carbocycles. The van der Waals surface area contributed by atoms with E-state index in [4.69, 9.17) is 0 Å². The first kappa shape index (κ1) is 15.2. The van der Waals surface area contributed by atoms with E-state index in [1.807, 2.05) is 0 Å². The van der Waals surface area contributed by atoms with Gasteiger partial charge in [-0.25, -0.2) is 16.8 Å². The fourth-order valence-corrected chi connectivity index (χ4v) is 3.68. The maximum atomic E-state index is 13.0. The van der Waals surface area contributed by atoms with E-state index in [1.165, 1.54) is 48.7 Å². The smallest absolute Gasteiger partial charge is 0.268 e. The van der Waals surface area contributed by atoms with Crippen molar-refractivity contribution in [2.45, 2.75) is 4.90 Å². The van der Waals surface area contributed by atoms with Crippen molar-refractivity contribution >= 4 is 16.3 Å². The Morgan fingerprint density at radius 1 is 0.913 bits per heavy atom. The Hall–Kier alpha value is -2.73. The average molecular weight is 329 g/mol. The Morgan fingerprint density at radius 2 is 1.57 bits per heavy atom. The lowest BCUT2D eigenvalue weighted by Gasteiger charge is -2.08. The molecule has 1 aromatic heterocycles. The maximum Gasteiger partial charge on any atom is 0.268 e. The minimum absolute atomic E-state index is 0.000427. The van der Waals surface area contributed by atoms with Crippen molar-refractivity contribution in [2.24, 2.45) is 0 Å². The van der Waals surface area contributed by atoms with Gasteiger partial charge in [-0.1, -0.05) is 30.3 Å². The molecule has 0 bridgehead atoms. The Kier molecular flexibility index (Phi) is 3.83. The van der Waals surface area contributed by atoms with E-state index in [0.29, 0.717) is 17.4 Å². The third kappa shape index (κ3) is 2.68. The van der Waals surface area contributed by atoms with Crippen molar-refractivity contribution in [3.05, 3.63) is 78.4 Å². The van der Waals surface area contributed by atoms with Crippen molar-refractivity contribution in [3.63, 3.8) is 0 Å². The maximum absolute atomic E-state index is 13.0. The Balaban J connectivity index is 2.16. The highest BCUT2D eigenvalue weighted by atomic mass is 32.2. The first-order valence-electron chi connectivity index (χ1n) is 6.77. The summed E-state index contributed by atoms with van der Waals surface area (Å²) in [5, 5.41) is 0. The van der Waals surface area contributed by atoms with E-state index < -0.39 is 15.8 Å². The van der Waals surface area contributed by atoms with Gasteiger partial charge in [0.1, 0.15) is 11.5 Å². The fourth-order valence-electron chi connectivity index (χ4n) is 2.33. The van der Waals surface area contributed by atoms with Crippen LogP contribution in [0.15, 0.2) is 71.8 Å². The van der Waals surface area contributed by atoms with E-state index in [2.05, 4.69) is 0 Å². The molecule has 0 atom stereocenters. The first-order valence-corrected chi connectivity index (χ1v) is 8.21. The highest BCUT2D eigenvalue weighted by molar-refractivity contribution is 7.90. The molecular formula is C17H12FNO3S. The van der Waals surface area contributed by atoms with Crippen LogP contribution in [-0.2, 0) is 10.0 Å². The summed E-state index contributed by atoms with van der Waals surface area (Å²) in [6.45, 7) is 0. The molecule has 116 valence electrons. The van der Waals surface area contributed by atoms with Gasteiger partial charge < -0.3 is 0 Å². The number of carbonyl (C=O) groups is 1. The Labute approximate surface area is 132 Å². The Morgan fingerprint density at radius 3 is 2.17 bits per heavy atom. The standard InChI is InChI=1S/C17H12FNO3S/c18-14-8-6-13(7-9-14)16-10-11-19(17(16)12-20)23(21,22)15-4-2-1-3-5-15/h1-12H. The van der Waals surface area contributed by atoms with E-state index in [-0.39, 0.29) is 10.6 Å². The van der Waals surface area contributed by atoms with Crippen LogP contribution in [0.1, 0.15) is 10.5 Å². The second kappa shape index (κ2) is 5.81. The zero-order valence-electron chi connectivity index (χ0n) is 11.9. The van der Waals surface area contributed by atoms with Crippen molar-refractivity contribution in [2.75, 3.05) is 0 Å². The topological polar surface area (TPSA) is 56.1 Å². The second-order valence-electron chi connectivity index (χ2n) is 4.85. The summed E-state index contributed by atoms with van der Waals surface area (Å²) in [5.74, 6) is -0.405. The number of halogens is 1. The molecule has 6 heteroatoms. The van der Waals surface area contributed by atoms with Crippen LogP contribution in [0.3, 0.4) is 0 Å². The van der Waals surface area contributed by atoms with E-state index in [9.17, 15) is 17.6 Å². The summed E-state index contributed by atoms with van der Waals surface area (Å²) < 4.78 is 39.3. The highest BCUT2D eigenvalue weighted by Crippen LogP contribution is 2.27. The quantitative estimate of drug-likeness (QED) is 0.690. The van der Waals surface area contributed by atoms with Gasteiger partial charge in [0.25, 0.3) is 10.0 Å². The number of rotatable bonds is 4. The average Bonchev–Trinajstić information content (AvgIpc) is 3.01. The molecule has 0 N–H and O–H groups in total. The van der Waals surface area contributed by atoms with Gasteiger partial charge in [-0.2, -0.15) is 0 Å². The normalized spacial score (nSPS) is 11.3. The number of aromatic nitrogens is 1. The molecule has 0 aliphatic rings. The molecule has 1 heterocycles. The van der Waals surface area contributed by atoms with Crippen LogP contribution in [-0.4, -0.2) is 18.7 Å². The number of benzene rings is 2. The lowest BCUT2D eigenvalue weighted by Crippen LogP contribution is -2.14. The summed E-state index contributed by atoms with van der Waals surface area (Å²) in [5.41, 5.74) is 0.996. The highest BCUT2D eigenvalue weighted by Gasteiger charge is 2.22. The summed E-state index contributed by atoms with van der Waals surface area (Å²) in [4.78, 5) is 11.6. The van der Waals surface area contributed by atoms with Crippen molar-refractivity contribution in [1.29, 1.82) is 0 Å². The minimum atomic E-state index is -3.87. The molecule has 3 rings (SSSR count). The number of nitrogens with zero attached hydrogens (tertiary/aromatic N) is 1. The van der Waals surface area contributed by atoms with Crippen molar-refractivity contribution in [1.82, 2.24) is 3.97 Å². The van der Waals surface area contributed by atoms with Crippen LogP contribution < -0.4 is 0 Å². The first-order chi connectivity index (χ1) is 11.0. The molecule has 0 aliphatic heterocycles. The van der Waals surface area contributed by atoms with E-state index in [0.717, 1.165) is 3.97 Å². The predicted molar refractivity (Wildman–Crippen MR) is 84.2 cm³/mol. The predicted octanol–water partition coefficient (Wildman–Crippen LogP) is 3.34. The fraction of sp³-hybridized carbons (Fsp3) is 0. The molecule has 23 heavy (non-hydrogen) atoms. The van der Waals surface area contributed by atoms with Gasteiger partial charge >= 0.3 is 0 Å². The summed E-state index contributed by atoms with van der Waals surface area (Å²) >= 11 is 0. The largest absolute Gasteiger partial charge is 0.296 e. The van der Waals surface area contributed by atoms with Crippen LogP contribution in [0, 0.1) is 5.82 Å². The summed E-state index contributed by atoms with van der Waals surface area (Å²) in [6, 6.07) is 14.9. The molecular weight excluding hydrogens is 317 g/mol. The SMILES string of the molecule is O=Cc1c(-c2ccc(F)cc2)ccn1S(=O)(=O)c1ccccc1. The van der Waals surface area contributed by atoms with Crippen LogP contribution in [0.25, 0.3) is 11.1 Å². The molecule has 0 radical (unpaired) electrons. The minimum Gasteiger partial charge on any atom is -0.296 e. The van der Waals surface area contributed by atoms with Gasteiger partial charge in [0.15, 0.2) is 6.29 Å². The Bertz CT molecular complexity index is 945. The molecule has 0 unspecified atom stereocenters. The third-order valence-corrected chi connectivity index (χ3v) is 5.16. The van der Waals surface area contributed by atoms with Crippen molar-refractivity contribution in [3.8, 4) is 11.1 Å². The van der Waals surface area contributed by atoms with E-state index in [1.54, 1.807) is 18.2 Å². The van der Waals surface area contributed by atoms with Gasteiger partial charge in [-0.15, -0.1) is 0 Å². The molecule has 0 spiro atoms.